The van der Waals surface area contributed by atoms with Crippen LogP contribution in [-0.2, 0) is 0 Å². The van der Waals surface area contributed by atoms with Crippen LogP contribution in [0.1, 0.15) is 17.3 Å². The van der Waals surface area contributed by atoms with Gasteiger partial charge in [-0.25, -0.2) is 4.79 Å². The van der Waals surface area contributed by atoms with E-state index in [9.17, 15) is 9.59 Å². The van der Waals surface area contributed by atoms with Crippen LogP contribution in [0.5, 0.6) is 5.75 Å². The van der Waals surface area contributed by atoms with Gasteiger partial charge in [0, 0.05) is 5.56 Å². The Hall–Kier alpha value is -1.75. The van der Waals surface area contributed by atoms with E-state index in [1.807, 2.05) is 5.32 Å². The highest BCUT2D eigenvalue weighted by Crippen LogP contribution is 2.24. The van der Waals surface area contributed by atoms with Gasteiger partial charge in [0.15, 0.2) is 5.78 Å². The number of amides is 1. The number of phenols is 1. The van der Waals surface area contributed by atoms with Crippen LogP contribution < -0.4 is 5.32 Å². The maximum Gasteiger partial charge on any atom is 0.405 e. The first-order valence-electron chi connectivity index (χ1n) is 4.44. The van der Waals surface area contributed by atoms with Gasteiger partial charge < -0.3 is 15.5 Å². The summed E-state index contributed by atoms with van der Waals surface area (Å²) in [5, 5.41) is 19.7. The van der Waals surface area contributed by atoms with E-state index in [1.165, 1.54) is 25.1 Å². The highest BCUT2D eigenvalue weighted by atomic mass is 35.5. The molecule has 6 heteroatoms. The average Bonchev–Trinajstić information content (AvgIpc) is 2.20. The number of carboxylic acid groups (broad SMARTS) is 1. The first-order chi connectivity index (χ1) is 7.41. The second-order valence-corrected chi connectivity index (χ2v) is 3.61. The fourth-order valence-corrected chi connectivity index (χ4v) is 1.34. The Kier molecular flexibility index (Phi) is 3.73. The molecule has 0 aliphatic rings. The molecule has 0 saturated heterocycles. The van der Waals surface area contributed by atoms with Gasteiger partial charge in [-0.1, -0.05) is 11.6 Å². The van der Waals surface area contributed by atoms with Crippen LogP contribution in [0.15, 0.2) is 18.2 Å². The number of nitrogens with one attached hydrogen (secondary N) is 1. The first kappa shape index (κ1) is 12.3. The molecule has 0 spiro atoms. The van der Waals surface area contributed by atoms with Crippen molar-refractivity contribution in [1.29, 1.82) is 0 Å². The van der Waals surface area contributed by atoms with E-state index < -0.39 is 17.9 Å². The largest absolute Gasteiger partial charge is 0.506 e. The average molecular weight is 244 g/mol. The summed E-state index contributed by atoms with van der Waals surface area (Å²) in [6.45, 7) is 1.43. The summed E-state index contributed by atoms with van der Waals surface area (Å²) in [7, 11) is 0. The number of hydrogen-bond acceptors (Lipinski definition) is 3. The van der Waals surface area contributed by atoms with Crippen molar-refractivity contribution in [2.75, 3.05) is 0 Å². The molecule has 86 valence electrons. The summed E-state index contributed by atoms with van der Waals surface area (Å²) in [5.74, 6) is -0.540. The molecule has 1 atom stereocenters. The van der Waals surface area contributed by atoms with Crippen LogP contribution in [0.3, 0.4) is 0 Å². The normalized spacial score (nSPS) is 11.9. The van der Waals surface area contributed by atoms with Crippen LogP contribution in [0.2, 0.25) is 5.02 Å². The molecule has 0 saturated carbocycles. The van der Waals surface area contributed by atoms with Crippen molar-refractivity contribution < 1.29 is 19.8 Å². The Morgan fingerprint density at radius 3 is 2.56 bits per heavy atom. The minimum Gasteiger partial charge on any atom is -0.506 e. The molecule has 0 radical (unpaired) electrons. The maximum atomic E-state index is 11.7. The third-order valence-corrected chi connectivity index (χ3v) is 2.27. The van der Waals surface area contributed by atoms with Crippen LogP contribution in [0.25, 0.3) is 0 Å². The lowest BCUT2D eigenvalue weighted by atomic mass is 10.1. The molecule has 1 aromatic carbocycles. The van der Waals surface area contributed by atoms with E-state index in [0.717, 1.165) is 0 Å². The molecule has 16 heavy (non-hydrogen) atoms. The predicted molar refractivity (Wildman–Crippen MR) is 58.1 cm³/mol. The summed E-state index contributed by atoms with van der Waals surface area (Å²) >= 11 is 5.63. The van der Waals surface area contributed by atoms with Crippen molar-refractivity contribution in [2.24, 2.45) is 0 Å². The van der Waals surface area contributed by atoms with Gasteiger partial charge in [-0.3, -0.25) is 4.79 Å². The molecule has 5 nitrogen and oxygen atoms in total. The van der Waals surface area contributed by atoms with Crippen LogP contribution in [0.4, 0.5) is 4.79 Å². The fraction of sp³-hybridized carbons (Fsp3) is 0.200. The molecule has 0 aliphatic heterocycles. The van der Waals surface area contributed by atoms with Crippen molar-refractivity contribution in [3.63, 3.8) is 0 Å². The third-order valence-electron chi connectivity index (χ3n) is 1.97. The number of rotatable bonds is 3. The minimum absolute atomic E-state index is 0.0494. The van der Waals surface area contributed by atoms with Crippen molar-refractivity contribution in [2.45, 2.75) is 13.0 Å². The standard InChI is InChI=1S/C10H10ClNO4/c1-5(12-10(15)16)9(14)6-2-3-8(13)7(11)4-6/h2-5,12-13H,1H3,(H,15,16). The highest BCUT2D eigenvalue weighted by Gasteiger charge is 2.17. The van der Waals surface area contributed by atoms with Crippen molar-refractivity contribution in [1.82, 2.24) is 5.32 Å². The predicted octanol–water partition coefficient (Wildman–Crippen LogP) is 1.88. The number of carbonyl (C=O) groups is 2. The number of ketones is 1. The van der Waals surface area contributed by atoms with Gasteiger partial charge in [-0.15, -0.1) is 0 Å². The molecule has 0 heterocycles. The van der Waals surface area contributed by atoms with Crippen LogP contribution >= 0.6 is 11.6 Å². The monoisotopic (exact) mass is 243 g/mol. The zero-order valence-corrected chi connectivity index (χ0v) is 9.15. The van der Waals surface area contributed by atoms with Gasteiger partial charge in [0.2, 0.25) is 0 Å². The molecule has 1 unspecified atom stereocenters. The molecule has 0 fully saturated rings. The number of carbonyl (C=O) groups excluding carboxylic acids is 1. The number of Topliss-reactive ketones (excluding diaryl/α,β-unsaturated/α-hetero) is 1. The smallest absolute Gasteiger partial charge is 0.405 e. The van der Waals surface area contributed by atoms with Gasteiger partial charge in [-0.2, -0.15) is 0 Å². The summed E-state index contributed by atoms with van der Waals surface area (Å²) in [6, 6.07) is 3.09. The summed E-state index contributed by atoms with van der Waals surface area (Å²) < 4.78 is 0. The zero-order chi connectivity index (χ0) is 12.3. The van der Waals surface area contributed by atoms with Crippen molar-refractivity contribution in [3.05, 3.63) is 28.8 Å². The quantitative estimate of drug-likeness (QED) is 0.708. The molecule has 1 rings (SSSR count). The van der Waals surface area contributed by atoms with Gasteiger partial charge in [-0.05, 0) is 25.1 Å². The summed E-state index contributed by atoms with van der Waals surface area (Å²) in [4.78, 5) is 22.0. The number of benzene rings is 1. The van der Waals surface area contributed by atoms with E-state index >= 15 is 0 Å². The van der Waals surface area contributed by atoms with E-state index in [4.69, 9.17) is 21.8 Å². The lowest BCUT2D eigenvalue weighted by Gasteiger charge is -2.10. The molecule has 0 aliphatic carbocycles. The third kappa shape index (κ3) is 2.87. The SMILES string of the molecule is CC(NC(=O)O)C(=O)c1ccc(O)c(Cl)c1. The Morgan fingerprint density at radius 1 is 1.44 bits per heavy atom. The lowest BCUT2D eigenvalue weighted by molar-refractivity contribution is 0.0945. The van der Waals surface area contributed by atoms with Crippen molar-refractivity contribution in [3.8, 4) is 5.75 Å². The van der Waals surface area contributed by atoms with Gasteiger partial charge in [0.25, 0.3) is 0 Å². The van der Waals surface area contributed by atoms with E-state index in [2.05, 4.69) is 0 Å². The number of hydrogen-bond donors (Lipinski definition) is 3. The second kappa shape index (κ2) is 4.85. The lowest BCUT2D eigenvalue weighted by Crippen LogP contribution is -2.37. The van der Waals surface area contributed by atoms with E-state index in [0.29, 0.717) is 0 Å². The van der Waals surface area contributed by atoms with Gasteiger partial charge in [0.05, 0.1) is 11.1 Å². The molecular formula is C10H10ClNO4. The summed E-state index contributed by atoms with van der Waals surface area (Å²) in [5.41, 5.74) is 0.240. The number of aromatic hydroxyl groups is 1. The number of halogens is 1. The summed E-state index contributed by atoms with van der Waals surface area (Å²) in [6.07, 6.45) is -1.27. The molecule has 0 bridgehead atoms. The Morgan fingerprint density at radius 2 is 2.06 bits per heavy atom. The second-order valence-electron chi connectivity index (χ2n) is 3.20. The minimum atomic E-state index is -1.27. The van der Waals surface area contributed by atoms with Gasteiger partial charge >= 0.3 is 6.09 Å². The Bertz CT molecular complexity index is 433. The Balaban J connectivity index is 2.88. The highest BCUT2D eigenvalue weighted by molar-refractivity contribution is 6.32. The zero-order valence-electron chi connectivity index (χ0n) is 8.40. The topological polar surface area (TPSA) is 86.6 Å². The van der Waals surface area contributed by atoms with E-state index in [-0.39, 0.29) is 16.3 Å². The van der Waals surface area contributed by atoms with Crippen LogP contribution in [0, 0.1) is 0 Å². The molecule has 1 amide bonds. The molecule has 1 aromatic rings. The van der Waals surface area contributed by atoms with Crippen LogP contribution in [-0.4, -0.2) is 28.1 Å². The molecular weight excluding hydrogens is 234 g/mol. The Labute approximate surface area is 96.7 Å². The maximum absolute atomic E-state index is 11.7. The first-order valence-corrected chi connectivity index (χ1v) is 4.82. The molecule has 0 aromatic heterocycles. The van der Waals surface area contributed by atoms with Crippen molar-refractivity contribution >= 4 is 23.5 Å². The number of phenolic OH excluding ortho intramolecular Hbond substituents is 1. The molecule has 3 N–H and O–H groups in total. The van der Waals surface area contributed by atoms with Gasteiger partial charge in [0.1, 0.15) is 5.75 Å². The fourth-order valence-electron chi connectivity index (χ4n) is 1.16. The van der Waals surface area contributed by atoms with E-state index in [1.54, 1.807) is 0 Å².